The van der Waals surface area contributed by atoms with E-state index in [4.69, 9.17) is 4.74 Å². The van der Waals surface area contributed by atoms with Gasteiger partial charge in [-0.3, -0.25) is 4.98 Å². The summed E-state index contributed by atoms with van der Waals surface area (Å²) in [6.07, 6.45) is 0. The van der Waals surface area contributed by atoms with Crippen LogP contribution in [0.4, 0.5) is 0 Å². The van der Waals surface area contributed by atoms with Gasteiger partial charge in [0, 0.05) is 0 Å². The maximum atomic E-state index is 11.4. The van der Waals surface area contributed by atoms with Crippen LogP contribution in [-0.4, -0.2) is 12.1 Å². The molecule has 5 nitrogen and oxygen atoms in total. The van der Waals surface area contributed by atoms with Crippen molar-refractivity contribution in [3.8, 4) is 5.75 Å². The van der Waals surface area contributed by atoms with E-state index in [9.17, 15) is 9.59 Å². The Balaban J connectivity index is 2.98. The maximum Gasteiger partial charge on any atom is 0.419 e. The standard InChI is InChI=1S/C10H9NO4/c1-5-3-6(14-2)4-7-8(5)11-10(13)15-9(7)12/h3-4H,1-2H3,(H,11,13). The van der Waals surface area contributed by atoms with E-state index in [0.29, 0.717) is 16.7 Å². The van der Waals surface area contributed by atoms with Crippen molar-refractivity contribution in [1.29, 1.82) is 0 Å². The summed E-state index contributed by atoms with van der Waals surface area (Å²) in [7, 11) is 1.51. The third-order valence-electron chi connectivity index (χ3n) is 2.18. The zero-order chi connectivity index (χ0) is 11.0. The van der Waals surface area contributed by atoms with Gasteiger partial charge in [0.15, 0.2) is 0 Å². The van der Waals surface area contributed by atoms with Gasteiger partial charge in [0.1, 0.15) is 5.75 Å². The van der Waals surface area contributed by atoms with Gasteiger partial charge in [-0.2, -0.15) is 0 Å². The molecule has 0 aliphatic rings. The third kappa shape index (κ3) is 1.52. The molecule has 1 aromatic heterocycles. The molecule has 5 heteroatoms. The van der Waals surface area contributed by atoms with E-state index in [1.807, 2.05) is 0 Å². The number of H-pyrrole nitrogens is 1. The summed E-state index contributed by atoms with van der Waals surface area (Å²) in [6.45, 7) is 1.78. The van der Waals surface area contributed by atoms with Crippen molar-refractivity contribution in [3.63, 3.8) is 0 Å². The van der Waals surface area contributed by atoms with Crippen molar-refractivity contribution >= 4 is 10.9 Å². The highest BCUT2D eigenvalue weighted by Gasteiger charge is 2.07. The second-order valence-electron chi connectivity index (χ2n) is 3.17. The zero-order valence-electron chi connectivity index (χ0n) is 8.29. The second-order valence-corrected chi connectivity index (χ2v) is 3.17. The minimum atomic E-state index is -0.749. The fourth-order valence-corrected chi connectivity index (χ4v) is 1.47. The summed E-state index contributed by atoms with van der Waals surface area (Å²) in [5.74, 6) is -0.194. The molecule has 0 aliphatic heterocycles. The highest BCUT2D eigenvalue weighted by atomic mass is 16.5. The molecule has 1 heterocycles. The van der Waals surface area contributed by atoms with Crippen LogP contribution in [0.2, 0.25) is 0 Å². The first-order chi connectivity index (χ1) is 7.11. The number of methoxy groups -OCH3 is 1. The molecule has 0 aliphatic carbocycles. The Hall–Kier alpha value is -2.04. The SMILES string of the molecule is COc1cc(C)c2[nH]c(=O)oc(=O)c2c1. The van der Waals surface area contributed by atoms with Gasteiger partial charge in [0.2, 0.25) is 0 Å². The molecule has 2 rings (SSSR count). The van der Waals surface area contributed by atoms with E-state index in [1.54, 1.807) is 13.0 Å². The fourth-order valence-electron chi connectivity index (χ4n) is 1.47. The van der Waals surface area contributed by atoms with Crippen molar-refractivity contribution in [2.45, 2.75) is 6.92 Å². The van der Waals surface area contributed by atoms with E-state index in [-0.39, 0.29) is 0 Å². The monoisotopic (exact) mass is 207 g/mol. The highest BCUT2D eigenvalue weighted by molar-refractivity contribution is 5.81. The first-order valence-corrected chi connectivity index (χ1v) is 4.33. The molecule has 0 saturated carbocycles. The summed E-state index contributed by atoms with van der Waals surface area (Å²) in [4.78, 5) is 24.8. The van der Waals surface area contributed by atoms with Crippen LogP contribution in [-0.2, 0) is 0 Å². The normalized spacial score (nSPS) is 10.5. The van der Waals surface area contributed by atoms with Crippen molar-refractivity contribution in [3.05, 3.63) is 38.7 Å². The topological polar surface area (TPSA) is 72.3 Å². The van der Waals surface area contributed by atoms with Crippen LogP contribution < -0.4 is 16.1 Å². The smallest absolute Gasteiger partial charge is 0.419 e. The minimum absolute atomic E-state index is 0.312. The summed E-state index contributed by atoms with van der Waals surface area (Å²) >= 11 is 0. The van der Waals surface area contributed by atoms with E-state index in [1.165, 1.54) is 13.2 Å². The lowest BCUT2D eigenvalue weighted by molar-refractivity contribution is 0.414. The number of fused-ring (bicyclic) bond motifs is 1. The number of aryl methyl sites for hydroxylation is 1. The zero-order valence-corrected chi connectivity index (χ0v) is 8.29. The van der Waals surface area contributed by atoms with E-state index >= 15 is 0 Å². The first kappa shape index (κ1) is 9.51. The van der Waals surface area contributed by atoms with Gasteiger partial charge >= 0.3 is 11.4 Å². The van der Waals surface area contributed by atoms with Crippen LogP contribution in [0.25, 0.3) is 10.9 Å². The Morgan fingerprint density at radius 2 is 2.07 bits per heavy atom. The summed E-state index contributed by atoms with van der Waals surface area (Å²) in [6, 6.07) is 3.27. The van der Waals surface area contributed by atoms with Crippen LogP contribution >= 0.6 is 0 Å². The molecule has 0 amide bonds. The molecule has 0 unspecified atom stereocenters. The number of hydrogen-bond acceptors (Lipinski definition) is 4. The van der Waals surface area contributed by atoms with E-state index in [0.717, 1.165) is 5.56 Å². The van der Waals surface area contributed by atoms with Gasteiger partial charge in [0.25, 0.3) is 0 Å². The van der Waals surface area contributed by atoms with Crippen molar-refractivity contribution in [1.82, 2.24) is 4.98 Å². The Labute approximate surface area is 84.3 Å². The number of nitrogens with one attached hydrogen (secondary N) is 1. The highest BCUT2D eigenvalue weighted by Crippen LogP contribution is 2.19. The molecule has 0 spiro atoms. The number of benzene rings is 1. The predicted octanol–water partition coefficient (Wildman–Crippen LogP) is 0.798. The lowest BCUT2D eigenvalue weighted by atomic mass is 10.1. The minimum Gasteiger partial charge on any atom is -0.497 e. The molecule has 78 valence electrons. The van der Waals surface area contributed by atoms with Gasteiger partial charge in [0.05, 0.1) is 18.0 Å². The Morgan fingerprint density at radius 3 is 2.73 bits per heavy atom. The van der Waals surface area contributed by atoms with Crippen LogP contribution in [0.15, 0.2) is 26.1 Å². The summed E-state index contributed by atoms with van der Waals surface area (Å²) < 4.78 is 9.44. The third-order valence-corrected chi connectivity index (χ3v) is 2.18. The molecule has 0 fully saturated rings. The number of aromatic nitrogens is 1. The van der Waals surface area contributed by atoms with Crippen LogP contribution in [0.5, 0.6) is 5.75 Å². The molecule has 0 radical (unpaired) electrons. The average molecular weight is 207 g/mol. The quantitative estimate of drug-likeness (QED) is 0.750. The Morgan fingerprint density at radius 1 is 1.33 bits per heavy atom. The molecule has 1 N–H and O–H groups in total. The van der Waals surface area contributed by atoms with Gasteiger partial charge in [-0.15, -0.1) is 0 Å². The summed E-state index contributed by atoms with van der Waals surface area (Å²) in [5.41, 5.74) is 0.585. The van der Waals surface area contributed by atoms with Crippen LogP contribution in [0.1, 0.15) is 5.56 Å². The van der Waals surface area contributed by atoms with E-state index in [2.05, 4.69) is 9.40 Å². The number of hydrogen-bond donors (Lipinski definition) is 1. The molecule has 1 aromatic carbocycles. The molecule has 0 bridgehead atoms. The predicted molar refractivity (Wildman–Crippen MR) is 54.4 cm³/mol. The van der Waals surface area contributed by atoms with Gasteiger partial charge in [-0.05, 0) is 24.6 Å². The lowest BCUT2D eigenvalue weighted by Crippen LogP contribution is -2.15. The van der Waals surface area contributed by atoms with E-state index < -0.39 is 11.4 Å². The van der Waals surface area contributed by atoms with Crippen LogP contribution in [0, 0.1) is 6.92 Å². The first-order valence-electron chi connectivity index (χ1n) is 4.33. The van der Waals surface area contributed by atoms with Gasteiger partial charge in [-0.25, -0.2) is 9.59 Å². The maximum absolute atomic E-state index is 11.4. The second kappa shape index (κ2) is 3.27. The number of rotatable bonds is 1. The van der Waals surface area contributed by atoms with Gasteiger partial charge < -0.3 is 9.15 Å². The molecule has 2 aromatic rings. The summed E-state index contributed by atoms with van der Waals surface area (Å²) in [5, 5.41) is 0.312. The Bertz CT molecular complexity index is 623. The molecular formula is C10H9NO4. The van der Waals surface area contributed by atoms with Gasteiger partial charge in [-0.1, -0.05) is 0 Å². The average Bonchev–Trinajstić information content (AvgIpc) is 2.19. The molecule has 0 saturated heterocycles. The fraction of sp³-hybridized carbons (Fsp3) is 0.200. The lowest BCUT2D eigenvalue weighted by Gasteiger charge is -2.03. The molecule has 15 heavy (non-hydrogen) atoms. The number of aromatic amines is 1. The largest absolute Gasteiger partial charge is 0.497 e. The van der Waals surface area contributed by atoms with Crippen LogP contribution in [0.3, 0.4) is 0 Å². The molecular weight excluding hydrogens is 198 g/mol. The van der Waals surface area contributed by atoms with Crippen molar-refractivity contribution < 1.29 is 9.15 Å². The molecule has 0 atom stereocenters. The van der Waals surface area contributed by atoms with Crippen molar-refractivity contribution in [2.75, 3.05) is 7.11 Å². The number of ether oxygens (including phenoxy) is 1. The van der Waals surface area contributed by atoms with Crippen molar-refractivity contribution in [2.24, 2.45) is 0 Å². The Kier molecular flexibility index (Phi) is 2.07.